The van der Waals surface area contributed by atoms with Crippen LogP contribution < -0.4 is 4.74 Å². The first-order chi connectivity index (χ1) is 18.7. The molecule has 2 aliphatic heterocycles. The number of ether oxygens (including phenoxy) is 2. The summed E-state index contributed by atoms with van der Waals surface area (Å²) >= 11 is 0. The summed E-state index contributed by atoms with van der Waals surface area (Å²) in [5, 5.41) is 37.0. The molecule has 1 aromatic heterocycles. The third kappa shape index (κ3) is 7.15. The van der Waals surface area contributed by atoms with E-state index in [1.54, 1.807) is 0 Å². The van der Waals surface area contributed by atoms with E-state index in [1.165, 1.54) is 0 Å². The predicted molar refractivity (Wildman–Crippen MR) is 142 cm³/mol. The normalized spacial score (nSPS) is 26.3. The zero-order valence-electron chi connectivity index (χ0n) is 22.9. The number of hydrogen-bond donors (Lipinski definition) is 4. The molecule has 1 amide bonds. The van der Waals surface area contributed by atoms with Crippen LogP contribution in [0.15, 0.2) is 24.3 Å². The van der Waals surface area contributed by atoms with Gasteiger partial charge in [-0.05, 0) is 36.9 Å². The fraction of sp³-hybridized carbons (Fsp3) is 0.643. The Labute approximate surface area is 228 Å². The SMILES string of the molecule is CC(C)c1[nH]nc(OC2OC(CO)C(F)C(O)C2O)c1Cc1ccc(CCCC(=O)N2CCN(C)CC2)cc1. The van der Waals surface area contributed by atoms with Crippen LogP contribution in [0.1, 0.15) is 55.0 Å². The number of likely N-dealkylation sites (N-methyl/N-ethyl adjacent to an activating group) is 1. The van der Waals surface area contributed by atoms with E-state index in [1.807, 2.05) is 30.9 Å². The van der Waals surface area contributed by atoms with Gasteiger partial charge < -0.3 is 34.6 Å². The van der Waals surface area contributed by atoms with Crippen molar-refractivity contribution in [2.45, 2.75) is 76.2 Å². The molecule has 2 aromatic rings. The minimum atomic E-state index is -1.93. The topological polar surface area (TPSA) is 131 Å². The van der Waals surface area contributed by atoms with E-state index in [4.69, 9.17) is 9.47 Å². The third-order valence-corrected chi connectivity index (χ3v) is 7.58. The number of aliphatic hydroxyl groups is 3. The van der Waals surface area contributed by atoms with Gasteiger partial charge in [-0.3, -0.25) is 9.89 Å². The van der Waals surface area contributed by atoms with Crippen LogP contribution in [-0.2, 0) is 22.4 Å². The second-order valence-electron chi connectivity index (χ2n) is 10.9. The quantitative estimate of drug-likeness (QED) is 0.350. The monoisotopic (exact) mass is 548 g/mol. The number of hydrogen-bond acceptors (Lipinski definition) is 8. The minimum absolute atomic E-state index is 0.102. The van der Waals surface area contributed by atoms with E-state index < -0.39 is 37.4 Å². The van der Waals surface area contributed by atoms with Crippen molar-refractivity contribution < 1.29 is 34.0 Å². The van der Waals surface area contributed by atoms with Crippen molar-refractivity contribution in [3.05, 3.63) is 46.6 Å². The van der Waals surface area contributed by atoms with Gasteiger partial charge in [-0.1, -0.05) is 38.1 Å². The molecule has 10 nitrogen and oxygen atoms in total. The molecule has 1 aromatic carbocycles. The van der Waals surface area contributed by atoms with Gasteiger partial charge in [0.15, 0.2) is 6.17 Å². The molecule has 0 radical (unpaired) electrons. The van der Waals surface area contributed by atoms with E-state index in [0.29, 0.717) is 12.8 Å². The van der Waals surface area contributed by atoms with Gasteiger partial charge in [0, 0.05) is 50.3 Å². The summed E-state index contributed by atoms with van der Waals surface area (Å²) in [6, 6.07) is 8.18. The summed E-state index contributed by atoms with van der Waals surface area (Å²) in [5.41, 5.74) is 3.79. The number of piperazine rings is 1. The summed E-state index contributed by atoms with van der Waals surface area (Å²) in [7, 11) is 2.07. The molecule has 4 rings (SSSR count). The van der Waals surface area contributed by atoms with Crippen molar-refractivity contribution in [3.63, 3.8) is 0 Å². The molecule has 216 valence electrons. The van der Waals surface area contributed by atoms with Crippen molar-refractivity contribution in [3.8, 4) is 5.88 Å². The van der Waals surface area contributed by atoms with Crippen LogP contribution in [0, 0.1) is 0 Å². The zero-order chi connectivity index (χ0) is 28.1. The molecule has 2 saturated heterocycles. The average Bonchev–Trinajstić information content (AvgIpc) is 3.32. The Hall–Kier alpha value is -2.57. The fourth-order valence-electron chi connectivity index (χ4n) is 5.04. The van der Waals surface area contributed by atoms with Crippen LogP contribution in [-0.4, -0.2) is 112 Å². The maximum Gasteiger partial charge on any atom is 0.238 e. The van der Waals surface area contributed by atoms with Crippen molar-refractivity contribution in [1.82, 2.24) is 20.0 Å². The fourth-order valence-corrected chi connectivity index (χ4v) is 5.04. The third-order valence-electron chi connectivity index (χ3n) is 7.58. The Bertz CT molecular complexity index is 1070. The largest absolute Gasteiger partial charge is 0.443 e. The Balaban J connectivity index is 1.37. The molecule has 0 aliphatic carbocycles. The number of aromatic amines is 1. The van der Waals surface area contributed by atoms with Crippen LogP contribution in [0.2, 0.25) is 0 Å². The summed E-state index contributed by atoms with van der Waals surface area (Å²) in [6.45, 7) is 6.81. The molecule has 3 heterocycles. The standard InChI is InChI=1S/C28H41FN4O6/c1-17(2)24-20(27(31-30-24)39-28-26(37)25(36)23(29)21(16-34)38-28)15-19-9-7-18(8-10-19)5-4-6-22(35)33-13-11-32(3)12-14-33/h7-10,17,21,23,25-26,28,34,36-37H,4-6,11-16H2,1-3H3,(H,30,31). The number of benzene rings is 1. The molecular weight excluding hydrogens is 507 g/mol. The Morgan fingerprint density at radius 1 is 1.15 bits per heavy atom. The van der Waals surface area contributed by atoms with Gasteiger partial charge in [-0.25, -0.2) is 4.39 Å². The Kier molecular flexibility index (Phi) is 9.95. The van der Waals surface area contributed by atoms with Gasteiger partial charge in [0.1, 0.15) is 18.3 Å². The van der Waals surface area contributed by atoms with Crippen LogP contribution >= 0.6 is 0 Å². The molecule has 11 heteroatoms. The summed E-state index contributed by atoms with van der Waals surface area (Å²) < 4.78 is 25.3. The average molecular weight is 549 g/mol. The summed E-state index contributed by atoms with van der Waals surface area (Å²) in [5.74, 6) is 0.515. The Morgan fingerprint density at radius 3 is 2.46 bits per heavy atom. The number of halogens is 1. The van der Waals surface area contributed by atoms with Crippen molar-refractivity contribution in [2.24, 2.45) is 0 Å². The molecule has 0 saturated carbocycles. The molecule has 2 aliphatic rings. The van der Waals surface area contributed by atoms with Crippen LogP contribution in [0.25, 0.3) is 0 Å². The number of nitrogens with zero attached hydrogens (tertiary/aromatic N) is 3. The first kappa shape index (κ1) is 29.4. The highest BCUT2D eigenvalue weighted by Gasteiger charge is 2.46. The second-order valence-corrected chi connectivity index (χ2v) is 10.9. The first-order valence-corrected chi connectivity index (χ1v) is 13.7. The molecule has 2 fully saturated rings. The molecule has 39 heavy (non-hydrogen) atoms. The summed E-state index contributed by atoms with van der Waals surface area (Å²) in [6.07, 6.45) is -5.38. The maximum atomic E-state index is 14.1. The zero-order valence-corrected chi connectivity index (χ0v) is 22.9. The Morgan fingerprint density at radius 2 is 1.82 bits per heavy atom. The number of carbonyl (C=O) groups is 1. The lowest BCUT2D eigenvalue weighted by Gasteiger charge is -2.38. The number of amides is 1. The highest BCUT2D eigenvalue weighted by atomic mass is 19.1. The van der Waals surface area contributed by atoms with Gasteiger partial charge in [0.25, 0.3) is 0 Å². The number of nitrogens with one attached hydrogen (secondary N) is 1. The molecular formula is C28H41FN4O6. The highest BCUT2D eigenvalue weighted by molar-refractivity contribution is 5.76. The van der Waals surface area contributed by atoms with Gasteiger partial charge in [0.2, 0.25) is 18.1 Å². The minimum Gasteiger partial charge on any atom is -0.443 e. The number of aryl methyl sites for hydroxylation is 1. The number of aromatic nitrogens is 2. The number of H-pyrrole nitrogens is 1. The number of alkyl halides is 1. The van der Waals surface area contributed by atoms with E-state index in [0.717, 1.165) is 61.4 Å². The second kappa shape index (κ2) is 13.2. The smallest absolute Gasteiger partial charge is 0.238 e. The van der Waals surface area contributed by atoms with Gasteiger partial charge in [0.05, 0.1) is 6.61 Å². The highest BCUT2D eigenvalue weighted by Crippen LogP contribution is 2.31. The van der Waals surface area contributed by atoms with Gasteiger partial charge in [-0.2, -0.15) is 0 Å². The van der Waals surface area contributed by atoms with Crippen LogP contribution in [0.5, 0.6) is 5.88 Å². The van der Waals surface area contributed by atoms with Crippen LogP contribution in [0.3, 0.4) is 0 Å². The van der Waals surface area contributed by atoms with Gasteiger partial charge in [-0.15, -0.1) is 5.10 Å². The van der Waals surface area contributed by atoms with Crippen molar-refractivity contribution in [1.29, 1.82) is 0 Å². The summed E-state index contributed by atoms with van der Waals surface area (Å²) in [4.78, 5) is 16.7. The number of aliphatic hydroxyl groups excluding tert-OH is 3. The molecule has 5 unspecified atom stereocenters. The van der Waals surface area contributed by atoms with Crippen molar-refractivity contribution >= 4 is 5.91 Å². The molecule has 0 bridgehead atoms. The number of carbonyl (C=O) groups excluding carboxylic acids is 1. The lowest BCUT2D eigenvalue weighted by Crippen LogP contribution is -2.58. The van der Waals surface area contributed by atoms with E-state index >= 15 is 0 Å². The van der Waals surface area contributed by atoms with Crippen LogP contribution in [0.4, 0.5) is 4.39 Å². The lowest BCUT2D eigenvalue weighted by molar-refractivity contribution is -0.265. The van der Waals surface area contributed by atoms with Crippen molar-refractivity contribution in [2.75, 3.05) is 39.8 Å². The first-order valence-electron chi connectivity index (χ1n) is 13.7. The molecule has 0 spiro atoms. The van der Waals surface area contributed by atoms with E-state index in [-0.39, 0.29) is 17.7 Å². The van der Waals surface area contributed by atoms with E-state index in [2.05, 4.69) is 34.3 Å². The van der Waals surface area contributed by atoms with E-state index in [9.17, 15) is 24.5 Å². The lowest BCUT2D eigenvalue weighted by atomic mass is 9.98. The van der Waals surface area contributed by atoms with Gasteiger partial charge >= 0.3 is 0 Å². The molecule has 5 atom stereocenters. The predicted octanol–water partition coefficient (Wildman–Crippen LogP) is 1.38. The maximum absolute atomic E-state index is 14.1. The molecule has 4 N–H and O–H groups in total. The number of rotatable bonds is 10.